The first kappa shape index (κ1) is 8.74. The average molecular weight is 278 g/mol. The lowest BCUT2D eigenvalue weighted by Gasteiger charge is -2.00. The topological polar surface area (TPSA) is 24.9 Å². The van der Waals surface area contributed by atoms with E-state index < -0.39 is 0 Å². The lowest BCUT2D eigenvalue weighted by Crippen LogP contribution is -1.93. The van der Waals surface area contributed by atoms with Gasteiger partial charge in [0.05, 0.1) is 4.61 Å². The van der Waals surface area contributed by atoms with Gasteiger partial charge in [-0.2, -0.15) is 0 Å². The van der Waals surface area contributed by atoms with E-state index in [1.807, 2.05) is 18.2 Å². The highest BCUT2D eigenvalue weighted by atomic mass is 79.9. The maximum atomic E-state index is 4.06. The zero-order valence-electron chi connectivity index (χ0n) is 5.59. The SMILES string of the molecule is BrC=C(Br)Nc1ccccn1. The van der Waals surface area contributed by atoms with Crippen molar-refractivity contribution in [2.45, 2.75) is 0 Å². The van der Waals surface area contributed by atoms with Crippen LogP contribution in [0.3, 0.4) is 0 Å². The monoisotopic (exact) mass is 276 g/mol. The van der Waals surface area contributed by atoms with Gasteiger partial charge in [-0.3, -0.25) is 0 Å². The van der Waals surface area contributed by atoms with Crippen molar-refractivity contribution in [1.82, 2.24) is 4.98 Å². The molecule has 0 atom stereocenters. The molecule has 0 amide bonds. The Kier molecular flexibility index (Phi) is 3.59. The first-order valence-corrected chi connectivity index (χ1v) is 4.68. The second-order valence-corrected chi connectivity index (χ2v) is 3.11. The maximum absolute atomic E-state index is 4.06. The van der Waals surface area contributed by atoms with Crippen LogP contribution in [0.1, 0.15) is 0 Å². The van der Waals surface area contributed by atoms with Crippen LogP contribution in [0.25, 0.3) is 0 Å². The first-order valence-electron chi connectivity index (χ1n) is 2.97. The molecule has 1 aromatic heterocycles. The lowest BCUT2D eigenvalue weighted by molar-refractivity contribution is 1.31. The van der Waals surface area contributed by atoms with Crippen molar-refractivity contribution in [2.75, 3.05) is 5.32 Å². The van der Waals surface area contributed by atoms with Crippen LogP contribution in [0.15, 0.2) is 34.0 Å². The summed E-state index contributed by atoms with van der Waals surface area (Å²) in [6.07, 6.45) is 1.73. The van der Waals surface area contributed by atoms with Gasteiger partial charge in [0.25, 0.3) is 0 Å². The molecule has 0 fully saturated rings. The molecule has 0 aliphatic carbocycles. The van der Waals surface area contributed by atoms with E-state index in [1.165, 1.54) is 0 Å². The fraction of sp³-hybridized carbons (Fsp3) is 0. The Morgan fingerprint density at radius 2 is 2.36 bits per heavy atom. The van der Waals surface area contributed by atoms with E-state index in [1.54, 1.807) is 11.2 Å². The van der Waals surface area contributed by atoms with E-state index in [4.69, 9.17) is 0 Å². The molecule has 0 saturated carbocycles. The quantitative estimate of drug-likeness (QED) is 0.841. The number of nitrogens with zero attached hydrogens (tertiary/aromatic N) is 1. The Hall–Kier alpha value is -0.350. The third-order valence-electron chi connectivity index (χ3n) is 1.01. The van der Waals surface area contributed by atoms with Crippen molar-refractivity contribution in [3.05, 3.63) is 34.0 Å². The summed E-state index contributed by atoms with van der Waals surface area (Å²) in [6, 6.07) is 5.68. The molecular weight excluding hydrogens is 272 g/mol. The second-order valence-electron chi connectivity index (χ2n) is 1.80. The zero-order valence-corrected chi connectivity index (χ0v) is 8.76. The van der Waals surface area contributed by atoms with Gasteiger partial charge in [0.15, 0.2) is 0 Å². The number of aromatic nitrogens is 1. The van der Waals surface area contributed by atoms with Gasteiger partial charge in [0, 0.05) is 11.2 Å². The number of halogens is 2. The van der Waals surface area contributed by atoms with E-state index in [2.05, 4.69) is 42.2 Å². The van der Waals surface area contributed by atoms with Crippen LogP contribution >= 0.6 is 31.9 Å². The minimum atomic E-state index is 0.815. The van der Waals surface area contributed by atoms with Gasteiger partial charge < -0.3 is 5.32 Å². The summed E-state index contributed by atoms with van der Waals surface area (Å²) >= 11 is 6.45. The molecule has 0 saturated heterocycles. The number of hydrogen-bond acceptors (Lipinski definition) is 2. The van der Waals surface area contributed by atoms with Crippen molar-refractivity contribution < 1.29 is 0 Å². The number of rotatable bonds is 2. The van der Waals surface area contributed by atoms with Gasteiger partial charge in [0.1, 0.15) is 5.82 Å². The molecule has 0 bridgehead atoms. The summed E-state index contributed by atoms with van der Waals surface area (Å²) in [5.74, 6) is 0.815. The molecule has 58 valence electrons. The van der Waals surface area contributed by atoms with Crippen LogP contribution < -0.4 is 5.32 Å². The lowest BCUT2D eigenvalue weighted by atomic mass is 10.5. The summed E-state index contributed by atoms with van der Waals surface area (Å²) in [7, 11) is 0. The molecule has 0 aromatic carbocycles. The Morgan fingerprint density at radius 1 is 1.55 bits per heavy atom. The Labute approximate surface area is 82.0 Å². The molecule has 0 spiro atoms. The number of hydrogen-bond donors (Lipinski definition) is 1. The number of nitrogens with one attached hydrogen (secondary N) is 1. The van der Waals surface area contributed by atoms with Crippen molar-refractivity contribution in [3.8, 4) is 0 Å². The smallest absolute Gasteiger partial charge is 0.130 e. The molecule has 0 radical (unpaired) electrons. The van der Waals surface area contributed by atoms with Gasteiger partial charge >= 0.3 is 0 Å². The van der Waals surface area contributed by atoms with Gasteiger partial charge in [-0.1, -0.05) is 22.0 Å². The van der Waals surface area contributed by atoms with Gasteiger partial charge in [-0.15, -0.1) is 0 Å². The fourth-order valence-electron chi connectivity index (χ4n) is 0.586. The number of anilines is 1. The fourth-order valence-corrected chi connectivity index (χ4v) is 0.904. The van der Waals surface area contributed by atoms with Crippen LogP contribution in [0.2, 0.25) is 0 Å². The molecule has 0 aliphatic heterocycles. The summed E-state index contributed by atoms with van der Waals surface area (Å²) in [6.45, 7) is 0. The molecular formula is C7H6Br2N2. The minimum absolute atomic E-state index is 0.815. The van der Waals surface area contributed by atoms with Crippen molar-refractivity contribution in [3.63, 3.8) is 0 Å². The summed E-state index contributed by atoms with van der Waals surface area (Å²) in [5.41, 5.74) is 0. The summed E-state index contributed by atoms with van der Waals surface area (Å²) in [4.78, 5) is 5.80. The third-order valence-corrected chi connectivity index (χ3v) is 2.51. The van der Waals surface area contributed by atoms with Crippen molar-refractivity contribution in [2.24, 2.45) is 0 Å². The predicted octanol–water partition coefficient (Wildman–Crippen LogP) is 3.08. The van der Waals surface area contributed by atoms with Gasteiger partial charge in [-0.25, -0.2) is 4.98 Å². The van der Waals surface area contributed by atoms with Crippen LogP contribution in [0.4, 0.5) is 5.82 Å². The average Bonchev–Trinajstić information content (AvgIpc) is 2.06. The Morgan fingerprint density at radius 3 is 2.91 bits per heavy atom. The van der Waals surface area contributed by atoms with Crippen molar-refractivity contribution in [1.29, 1.82) is 0 Å². The highest BCUT2D eigenvalue weighted by molar-refractivity contribution is 9.14. The zero-order chi connectivity index (χ0) is 8.10. The highest BCUT2D eigenvalue weighted by Gasteiger charge is 1.90. The predicted molar refractivity (Wildman–Crippen MR) is 53.8 cm³/mol. The van der Waals surface area contributed by atoms with E-state index in [-0.39, 0.29) is 0 Å². The van der Waals surface area contributed by atoms with Crippen LogP contribution in [0, 0.1) is 0 Å². The molecule has 11 heavy (non-hydrogen) atoms. The van der Waals surface area contributed by atoms with E-state index >= 15 is 0 Å². The molecule has 1 heterocycles. The van der Waals surface area contributed by atoms with Crippen molar-refractivity contribution >= 4 is 37.7 Å². The van der Waals surface area contributed by atoms with Crippen LogP contribution in [-0.4, -0.2) is 4.98 Å². The summed E-state index contributed by atoms with van der Waals surface area (Å²) < 4.78 is 0.844. The normalized spacial score (nSPS) is 11.3. The minimum Gasteiger partial charge on any atom is -0.334 e. The molecule has 1 rings (SSSR count). The van der Waals surface area contributed by atoms with E-state index in [0.717, 1.165) is 10.4 Å². The molecule has 4 heteroatoms. The van der Waals surface area contributed by atoms with Crippen LogP contribution in [-0.2, 0) is 0 Å². The van der Waals surface area contributed by atoms with Crippen LogP contribution in [0.5, 0.6) is 0 Å². The Balaban J connectivity index is 2.65. The third kappa shape index (κ3) is 3.03. The summed E-state index contributed by atoms with van der Waals surface area (Å²) in [5, 5.41) is 3.01. The molecule has 1 N–H and O–H groups in total. The molecule has 2 nitrogen and oxygen atoms in total. The second kappa shape index (κ2) is 4.51. The van der Waals surface area contributed by atoms with Gasteiger partial charge in [-0.05, 0) is 28.1 Å². The molecule has 1 aromatic rings. The number of pyridine rings is 1. The van der Waals surface area contributed by atoms with Gasteiger partial charge in [0.2, 0.25) is 0 Å². The Bertz CT molecular complexity index is 246. The van der Waals surface area contributed by atoms with E-state index in [0.29, 0.717) is 0 Å². The largest absolute Gasteiger partial charge is 0.334 e. The van der Waals surface area contributed by atoms with E-state index in [9.17, 15) is 0 Å². The molecule has 0 unspecified atom stereocenters. The standard InChI is InChI=1S/C7H6Br2N2/c8-5-6(9)11-7-3-1-2-4-10-7/h1-5H,(H,10,11). The first-order chi connectivity index (χ1) is 5.33. The highest BCUT2D eigenvalue weighted by Crippen LogP contribution is 2.11. The maximum Gasteiger partial charge on any atom is 0.130 e. The molecule has 0 aliphatic rings.